The van der Waals surface area contributed by atoms with Crippen LogP contribution in [0.3, 0.4) is 0 Å². The fourth-order valence-corrected chi connectivity index (χ4v) is 3.78. The zero-order chi connectivity index (χ0) is 17.0. The van der Waals surface area contributed by atoms with Gasteiger partial charge in [0.1, 0.15) is 10.6 Å². The highest BCUT2D eigenvalue weighted by atomic mass is 35.5. The van der Waals surface area contributed by atoms with Crippen molar-refractivity contribution in [1.82, 2.24) is 4.31 Å². The van der Waals surface area contributed by atoms with Crippen LogP contribution >= 0.6 is 11.6 Å². The van der Waals surface area contributed by atoms with E-state index < -0.39 is 16.1 Å². The highest BCUT2D eigenvalue weighted by molar-refractivity contribution is 7.89. The number of benzene rings is 2. The predicted octanol–water partition coefficient (Wildman–Crippen LogP) is 2.70. The van der Waals surface area contributed by atoms with Crippen molar-refractivity contribution >= 4 is 21.6 Å². The van der Waals surface area contributed by atoms with Crippen LogP contribution in [0.5, 0.6) is 5.75 Å². The number of sulfonamides is 1. The third-order valence-corrected chi connectivity index (χ3v) is 5.76. The van der Waals surface area contributed by atoms with Crippen LogP contribution in [0.25, 0.3) is 0 Å². The molecule has 0 fully saturated rings. The molecule has 0 bridgehead atoms. The maximum atomic E-state index is 12.5. The quantitative estimate of drug-likeness (QED) is 0.865. The monoisotopic (exact) mass is 355 g/mol. The molecule has 23 heavy (non-hydrogen) atoms. The van der Waals surface area contributed by atoms with E-state index in [1.807, 2.05) is 0 Å². The highest BCUT2D eigenvalue weighted by Gasteiger charge is 2.25. The summed E-state index contributed by atoms with van der Waals surface area (Å²) in [4.78, 5) is 0.0157. The van der Waals surface area contributed by atoms with E-state index in [9.17, 15) is 13.5 Å². The Bertz CT molecular complexity index is 779. The van der Waals surface area contributed by atoms with Crippen LogP contribution in [0.2, 0.25) is 5.02 Å². The smallest absolute Gasteiger partial charge is 0.244 e. The molecule has 0 saturated carbocycles. The Kier molecular flexibility index (Phi) is 5.64. The first-order valence-electron chi connectivity index (χ1n) is 6.89. The number of nitrogens with zero attached hydrogens (tertiary/aromatic N) is 1. The van der Waals surface area contributed by atoms with Crippen molar-refractivity contribution in [3.05, 3.63) is 59.1 Å². The van der Waals surface area contributed by atoms with Crippen molar-refractivity contribution in [1.29, 1.82) is 0 Å². The number of methoxy groups -OCH3 is 1. The summed E-state index contributed by atoms with van der Waals surface area (Å²) in [5.74, 6) is 0.596. The first kappa shape index (κ1) is 17.7. The molecule has 0 saturated heterocycles. The average molecular weight is 356 g/mol. The summed E-state index contributed by atoms with van der Waals surface area (Å²) < 4.78 is 31.3. The number of hydrogen-bond donors (Lipinski definition) is 1. The molecule has 0 amide bonds. The number of halogens is 1. The molecule has 2 aromatic carbocycles. The van der Waals surface area contributed by atoms with Crippen LogP contribution in [-0.2, 0) is 10.0 Å². The number of aliphatic hydroxyl groups excluding tert-OH is 1. The van der Waals surface area contributed by atoms with Gasteiger partial charge in [-0.2, -0.15) is 4.31 Å². The molecular formula is C16H18ClNO4S. The summed E-state index contributed by atoms with van der Waals surface area (Å²) in [6.07, 6.45) is -0.979. The lowest BCUT2D eigenvalue weighted by Crippen LogP contribution is -2.31. The average Bonchev–Trinajstić information content (AvgIpc) is 2.55. The largest absolute Gasteiger partial charge is 0.497 e. The summed E-state index contributed by atoms with van der Waals surface area (Å²) in [6, 6.07) is 13.1. The van der Waals surface area contributed by atoms with Crippen LogP contribution in [-0.4, -0.2) is 38.5 Å². The molecule has 124 valence electrons. The molecule has 2 aromatic rings. The maximum Gasteiger partial charge on any atom is 0.244 e. The Labute approximate surface area is 141 Å². The van der Waals surface area contributed by atoms with Gasteiger partial charge in [0.15, 0.2) is 0 Å². The SMILES string of the molecule is COc1cccc(C(O)CN(C)S(=O)(=O)c2ccccc2Cl)c1. The van der Waals surface area contributed by atoms with Gasteiger partial charge < -0.3 is 9.84 Å². The summed E-state index contributed by atoms with van der Waals surface area (Å²) in [7, 11) is -0.846. The van der Waals surface area contributed by atoms with Gasteiger partial charge in [-0.25, -0.2) is 8.42 Å². The summed E-state index contributed by atoms with van der Waals surface area (Å²) in [5.41, 5.74) is 0.575. The van der Waals surface area contributed by atoms with E-state index in [1.54, 1.807) is 36.4 Å². The lowest BCUT2D eigenvalue weighted by Gasteiger charge is -2.21. The lowest BCUT2D eigenvalue weighted by atomic mass is 10.1. The third-order valence-electron chi connectivity index (χ3n) is 3.43. The molecule has 0 heterocycles. The Morgan fingerprint density at radius 1 is 1.22 bits per heavy atom. The highest BCUT2D eigenvalue weighted by Crippen LogP contribution is 2.26. The van der Waals surface area contributed by atoms with Crippen molar-refractivity contribution in [3.63, 3.8) is 0 Å². The van der Waals surface area contributed by atoms with E-state index in [0.29, 0.717) is 11.3 Å². The topological polar surface area (TPSA) is 66.8 Å². The standard InChI is InChI=1S/C16H18ClNO4S/c1-18(23(20,21)16-9-4-3-8-14(16)17)11-15(19)12-6-5-7-13(10-12)22-2/h3-10,15,19H,11H2,1-2H3. The predicted molar refractivity (Wildman–Crippen MR) is 89.2 cm³/mol. The van der Waals surface area contributed by atoms with Crippen LogP contribution < -0.4 is 4.74 Å². The van der Waals surface area contributed by atoms with E-state index in [4.69, 9.17) is 16.3 Å². The Morgan fingerprint density at radius 2 is 1.91 bits per heavy atom. The fraction of sp³-hybridized carbons (Fsp3) is 0.250. The van der Waals surface area contributed by atoms with Crippen molar-refractivity contribution in [2.75, 3.05) is 20.7 Å². The molecular weight excluding hydrogens is 338 g/mol. The molecule has 1 atom stereocenters. The molecule has 1 unspecified atom stereocenters. The Balaban J connectivity index is 2.20. The second-order valence-corrected chi connectivity index (χ2v) is 7.43. The van der Waals surface area contributed by atoms with E-state index in [0.717, 1.165) is 4.31 Å². The van der Waals surface area contributed by atoms with Gasteiger partial charge in [-0.3, -0.25) is 0 Å². The van der Waals surface area contributed by atoms with Gasteiger partial charge in [-0.1, -0.05) is 35.9 Å². The van der Waals surface area contributed by atoms with Crippen LogP contribution in [0.15, 0.2) is 53.4 Å². The second-order valence-electron chi connectivity index (χ2n) is 5.01. The molecule has 2 rings (SSSR count). The maximum absolute atomic E-state index is 12.5. The minimum absolute atomic E-state index is 0.0157. The number of hydrogen-bond acceptors (Lipinski definition) is 4. The van der Waals surface area contributed by atoms with Gasteiger partial charge in [-0.15, -0.1) is 0 Å². The van der Waals surface area contributed by atoms with E-state index in [-0.39, 0.29) is 16.5 Å². The van der Waals surface area contributed by atoms with Gasteiger partial charge in [0.2, 0.25) is 10.0 Å². The molecule has 5 nitrogen and oxygen atoms in total. The van der Waals surface area contributed by atoms with Gasteiger partial charge in [0.05, 0.1) is 18.2 Å². The van der Waals surface area contributed by atoms with Crippen LogP contribution in [0.1, 0.15) is 11.7 Å². The summed E-state index contributed by atoms with van der Waals surface area (Å²) >= 11 is 5.96. The first-order valence-corrected chi connectivity index (χ1v) is 8.71. The van der Waals surface area contributed by atoms with E-state index >= 15 is 0 Å². The molecule has 1 N–H and O–H groups in total. The Morgan fingerprint density at radius 3 is 2.57 bits per heavy atom. The number of ether oxygens (including phenoxy) is 1. The lowest BCUT2D eigenvalue weighted by molar-refractivity contribution is 0.154. The van der Waals surface area contributed by atoms with Gasteiger partial charge in [-0.05, 0) is 29.8 Å². The zero-order valence-corrected chi connectivity index (χ0v) is 14.4. The van der Waals surface area contributed by atoms with E-state index in [2.05, 4.69) is 0 Å². The minimum Gasteiger partial charge on any atom is -0.497 e. The molecule has 7 heteroatoms. The molecule has 0 aliphatic carbocycles. The number of aliphatic hydroxyl groups is 1. The van der Waals surface area contributed by atoms with Crippen LogP contribution in [0.4, 0.5) is 0 Å². The third kappa shape index (κ3) is 4.03. The molecule has 0 aromatic heterocycles. The number of likely N-dealkylation sites (N-methyl/N-ethyl adjacent to an activating group) is 1. The van der Waals surface area contributed by atoms with Crippen LogP contribution in [0, 0.1) is 0 Å². The molecule has 0 spiro atoms. The van der Waals surface area contributed by atoms with Gasteiger partial charge in [0, 0.05) is 13.6 Å². The molecule has 0 radical (unpaired) electrons. The van der Waals surface area contributed by atoms with Gasteiger partial charge in [0.25, 0.3) is 0 Å². The van der Waals surface area contributed by atoms with Gasteiger partial charge >= 0.3 is 0 Å². The first-order chi connectivity index (χ1) is 10.9. The minimum atomic E-state index is -3.78. The van der Waals surface area contributed by atoms with Crippen molar-refractivity contribution in [3.8, 4) is 5.75 Å². The fourth-order valence-electron chi connectivity index (χ4n) is 2.12. The van der Waals surface area contributed by atoms with Crippen molar-refractivity contribution in [2.45, 2.75) is 11.0 Å². The summed E-state index contributed by atoms with van der Waals surface area (Å²) in [5, 5.41) is 10.4. The molecule has 0 aliphatic heterocycles. The molecule has 0 aliphatic rings. The van der Waals surface area contributed by atoms with Crippen molar-refractivity contribution in [2.24, 2.45) is 0 Å². The zero-order valence-electron chi connectivity index (χ0n) is 12.8. The Hall–Kier alpha value is -1.60. The number of rotatable bonds is 6. The summed E-state index contributed by atoms with van der Waals surface area (Å²) in [6.45, 7) is -0.0965. The normalized spacial score (nSPS) is 13.1. The van der Waals surface area contributed by atoms with E-state index in [1.165, 1.54) is 26.3 Å². The second kappa shape index (κ2) is 7.31. The van der Waals surface area contributed by atoms with Crippen molar-refractivity contribution < 1.29 is 18.3 Å².